The standard InChI is InChI=1S/C8H9ClN2O3S/c9-4-1-2-15-6(4)8(14)11-3-5(12)7(10)13/h1-2,5,12H,3H2,(H2,10,13)(H,11,14). The van der Waals surface area contributed by atoms with Crippen molar-refractivity contribution in [3.8, 4) is 0 Å². The van der Waals surface area contributed by atoms with Gasteiger partial charge in [0.15, 0.2) is 0 Å². The molecule has 15 heavy (non-hydrogen) atoms. The Bertz CT molecular complexity index is 380. The number of carbonyl (C=O) groups is 2. The molecule has 1 aromatic heterocycles. The van der Waals surface area contributed by atoms with Crippen LogP contribution in [0.4, 0.5) is 0 Å². The van der Waals surface area contributed by atoms with Crippen LogP contribution in [-0.4, -0.2) is 29.6 Å². The summed E-state index contributed by atoms with van der Waals surface area (Å²) in [6.07, 6.45) is -1.38. The molecule has 5 nitrogen and oxygen atoms in total. The molecule has 1 unspecified atom stereocenters. The van der Waals surface area contributed by atoms with Gasteiger partial charge in [-0.15, -0.1) is 11.3 Å². The van der Waals surface area contributed by atoms with Gasteiger partial charge in [-0.25, -0.2) is 0 Å². The number of aliphatic hydroxyl groups is 1. The molecule has 0 radical (unpaired) electrons. The Labute approximate surface area is 94.8 Å². The number of nitrogens with two attached hydrogens (primary N) is 1. The lowest BCUT2D eigenvalue weighted by molar-refractivity contribution is -0.125. The highest BCUT2D eigenvalue weighted by atomic mass is 35.5. The number of hydrogen-bond donors (Lipinski definition) is 3. The van der Waals surface area contributed by atoms with Crippen molar-refractivity contribution in [1.82, 2.24) is 5.32 Å². The Balaban J connectivity index is 2.51. The van der Waals surface area contributed by atoms with Crippen LogP contribution < -0.4 is 11.1 Å². The van der Waals surface area contributed by atoms with Crippen molar-refractivity contribution in [2.24, 2.45) is 5.73 Å². The number of amides is 2. The van der Waals surface area contributed by atoms with Gasteiger partial charge in [0.25, 0.3) is 5.91 Å². The van der Waals surface area contributed by atoms with Crippen molar-refractivity contribution in [3.05, 3.63) is 21.3 Å². The zero-order chi connectivity index (χ0) is 11.4. The van der Waals surface area contributed by atoms with Crippen molar-refractivity contribution in [2.45, 2.75) is 6.10 Å². The molecule has 0 saturated heterocycles. The van der Waals surface area contributed by atoms with Gasteiger partial charge in [-0.2, -0.15) is 0 Å². The van der Waals surface area contributed by atoms with Crippen LogP contribution >= 0.6 is 22.9 Å². The van der Waals surface area contributed by atoms with Crippen LogP contribution in [0.3, 0.4) is 0 Å². The van der Waals surface area contributed by atoms with E-state index < -0.39 is 17.9 Å². The number of thiophene rings is 1. The Morgan fingerprint density at radius 1 is 1.67 bits per heavy atom. The second-order valence-electron chi connectivity index (χ2n) is 2.73. The molecule has 0 saturated carbocycles. The van der Waals surface area contributed by atoms with Crippen molar-refractivity contribution in [1.29, 1.82) is 0 Å². The molecule has 0 aromatic carbocycles. The number of hydrogen-bond acceptors (Lipinski definition) is 4. The highest BCUT2D eigenvalue weighted by Gasteiger charge is 2.15. The fourth-order valence-electron chi connectivity index (χ4n) is 0.826. The highest BCUT2D eigenvalue weighted by Crippen LogP contribution is 2.21. The lowest BCUT2D eigenvalue weighted by Gasteiger charge is -2.07. The van der Waals surface area contributed by atoms with Crippen molar-refractivity contribution in [3.63, 3.8) is 0 Å². The topological polar surface area (TPSA) is 92.4 Å². The van der Waals surface area contributed by atoms with Gasteiger partial charge in [-0.3, -0.25) is 9.59 Å². The van der Waals surface area contributed by atoms with E-state index in [1.165, 1.54) is 11.3 Å². The fourth-order valence-corrected chi connectivity index (χ4v) is 1.88. The van der Waals surface area contributed by atoms with Gasteiger partial charge in [0, 0.05) is 0 Å². The van der Waals surface area contributed by atoms with E-state index >= 15 is 0 Å². The van der Waals surface area contributed by atoms with Crippen molar-refractivity contribution >= 4 is 34.8 Å². The smallest absolute Gasteiger partial charge is 0.262 e. The first-order valence-corrected chi connectivity index (χ1v) is 5.26. The van der Waals surface area contributed by atoms with Crippen LogP contribution in [0.1, 0.15) is 9.67 Å². The van der Waals surface area contributed by atoms with Crippen LogP contribution in [0.5, 0.6) is 0 Å². The monoisotopic (exact) mass is 248 g/mol. The SMILES string of the molecule is NC(=O)C(O)CNC(=O)c1sccc1Cl. The summed E-state index contributed by atoms with van der Waals surface area (Å²) in [5.41, 5.74) is 4.81. The highest BCUT2D eigenvalue weighted by molar-refractivity contribution is 7.12. The molecule has 82 valence electrons. The maximum absolute atomic E-state index is 11.4. The minimum atomic E-state index is -1.38. The maximum Gasteiger partial charge on any atom is 0.262 e. The van der Waals surface area contributed by atoms with Gasteiger partial charge in [0.1, 0.15) is 11.0 Å². The maximum atomic E-state index is 11.4. The first-order valence-electron chi connectivity index (χ1n) is 4.01. The summed E-state index contributed by atoms with van der Waals surface area (Å²) in [5, 5.41) is 13.4. The molecule has 0 bridgehead atoms. The number of rotatable bonds is 4. The van der Waals surface area contributed by atoms with Gasteiger partial charge in [-0.05, 0) is 11.4 Å². The normalized spacial score (nSPS) is 12.1. The van der Waals surface area contributed by atoms with E-state index in [9.17, 15) is 9.59 Å². The summed E-state index contributed by atoms with van der Waals surface area (Å²) >= 11 is 6.88. The largest absolute Gasteiger partial charge is 0.381 e. The van der Waals surface area contributed by atoms with E-state index in [2.05, 4.69) is 5.32 Å². The molecule has 2 amide bonds. The van der Waals surface area contributed by atoms with Gasteiger partial charge in [0.2, 0.25) is 5.91 Å². The lowest BCUT2D eigenvalue weighted by Crippen LogP contribution is -2.39. The molecular weight excluding hydrogens is 240 g/mol. The molecule has 1 rings (SSSR count). The Hall–Kier alpha value is -1.11. The predicted octanol–water partition coefficient (Wildman–Crippen LogP) is -0.0225. The van der Waals surface area contributed by atoms with Gasteiger partial charge in [0.05, 0.1) is 11.6 Å². The zero-order valence-corrected chi connectivity index (χ0v) is 9.14. The quantitative estimate of drug-likeness (QED) is 0.699. The predicted molar refractivity (Wildman–Crippen MR) is 56.9 cm³/mol. The van der Waals surface area contributed by atoms with Gasteiger partial charge in [-0.1, -0.05) is 11.6 Å². The van der Waals surface area contributed by atoms with Gasteiger partial charge >= 0.3 is 0 Å². The van der Waals surface area contributed by atoms with Crippen LogP contribution in [0.15, 0.2) is 11.4 Å². The van der Waals surface area contributed by atoms with Crippen LogP contribution in [0.2, 0.25) is 5.02 Å². The van der Waals surface area contributed by atoms with Gasteiger partial charge < -0.3 is 16.2 Å². The fraction of sp³-hybridized carbons (Fsp3) is 0.250. The number of carbonyl (C=O) groups excluding carboxylic acids is 2. The molecule has 0 aliphatic heterocycles. The van der Waals surface area contributed by atoms with E-state index in [-0.39, 0.29) is 6.54 Å². The van der Waals surface area contributed by atoms with Crippen LogP contribution in [-0.2, 0) is 4.79 Å². The second kappa shape index (κ2) is 5.11. The van der Waals surface area contributed by atoms with E-state index in [1.54, 1.807) is 11.4 Å². The van der Waals surface area contributed by atoms with E-state index in [1.807, 2.05) is 0 Å². The third kappa shape index (κ3) is 3.19. The molecule has 0 fully saturated rings. The summed E-state index contributed by atoms with van der Waals surface area (Å²) in [7, 11) is 0. The van der Waals surface area contributed by atoms with E-state index in [0.717, 1.165) is 0 Å². The summed E-state index contributed by atoms with van der Waals surface area (Å²) in [6.45, 7) is -0.220. The minimum Gasteiger partial charge on any atom is -0.381 e. The lowest BCUT2D eigenvalue weighted by atomic mass is 10.3. The van der Waals surface area contributed by atoms with Crippen LogP contribution in [0, 0.1) is 0 Å². The number of primary amides is 1. The number of halogens is 1. The van der Waals surface area contributed by atoms with E-state index in [0.29, 0.717) is 9.90 Å². The number of nitrogens with one attached hydrogen (secondary N) is 1. The van der Waals surface area contributed by atoms with Crippen molar-refractivity contribution < 1.29 is 14.7 Å². The Morgan fingerprint density at radius 3 is 2.80 bits per heavy atom. The summed E-state index contributed by atoms with van der Waals surface area (Å²) in [5.74, 6) is -1.32. The van der Waals surface area contributed by atoms with Crippen LogP contribution in [0.25, 0.3) is 0 Å². The number of aliphatic hydroxyl groups excluding tert-OH is 1. The summed E-state index contributed by atoms with van der Waals surface area (Å²) < 4.78 is 0. The Kier molecular flexibility index (Phi) is 4.07. The summed E-state index contributed by atoms with van der Waals surface area (Å²) in [4.78, 5) is 22.2. The van der Waals surface area contributed by atoms with E-state index in [4.69, 9.17) is 22.4 Å². The Morgan fingerprint density at radius 2 is 2.33 bits per heavy atom. The molecule has 1 heterocycles. The molecular formula is C8H9ClN2O3S. The average molecular weight is 249 g/mol. The molecule has 1 atom stereocenters. The average Bonchev–Trinajstić information content (AvgIpc) is 2.60. The van der Waals surface area contributed by atoms with Crippen molar-refractivity contribution in [2.75, 3.05) is 6.54 Å². The zero-order valence-electron chi connectivity index (χ0n) is 7.57. The molecule has 1 aromatic rings. The molecule has 0 aliphatic carbocycles. The third-order valence-electron chi connectivity index (χ3n) is 1.61. The molecule has 0 spiro atoms. The first-order chi connectivity index (χ1) is 7.02. The molecule has 7 heteroatoms. The second-order valence-corrected chi connectivity index (χ2v) is 4.05. The minimum absolute atomic E-state index is 0.220. The molecule has 4 N–H and O–H groups in total. The summed E-state index contributed by atoms with van der Waals surface area (Å²) in [6, 6.07) is 1.59. The third-order valence-corrected chi connectivity index (χ3v) is 2.95. The first kappa shape index (κ1) is 12.0. The molecule has 0 aliphatic rings.